The molecule has 0 saturated carbocycles. The number of fused-ring (bicyclic) bond motifs is 1. The van der Waals surface area contributed by atoms with E-state index in [-0.39, 0.29) is 10.8 Å². The van der Waals surface area contributed by atoms with E-state index in [1.807, 2.05) is 0 Å². The summed E-state index contributed by atoms with van der Waals surface area (Å²) in [5, 5.41) is 0. The molecule has 1 aromatic carbocycles. The van der Waals surface area contributed by atoms with Crippen molar-refractivity contribution in [3.8, 4) is 5.75 Å². The molecule has 2 aliphatic rings. The summed E-state index contributed by atoms with van der Waals surface area (Å²) in [6.07, 6.45) is 2.23. The molecule has 1 saturated heterocycles. The normalized spacial score (nSPS) is 21.2. The highest BCUT2D eigenvalue weighted by atomic mass is 16.5. The first-order chi connectivity index (χ1) is 9.09. The molecule has 104 valence electrons. The van der Waals surface area contributed by atoms with Crippen LogP contribution in [0.4, 0.5) is 0 Å². The maximum atomic E-state index is 6.00. The molecular weight excluding hydrogens is 238 g/mol. The first kappa shape index (κ1) is 12.9. The Kier molecular flexibility index (Phi) is 3.06. The zero-order valence-electron chi connectivity index (χ0n) is 11.9. The van der Waals surface area contributed by atoms with Gasteiger partial charge < -0.3 is 15.2 Å². The van der Waals surface area contributed by atoms with Crippen LogP contribution in [0.25, 0.3) is 0 Å². The quantitative estimate of drug-likeness (QED) is 0.907. The van der Waals surface area contributed by atoms with E-state index in [1.165, 1.54) is 11.1 Å². The Morgan fingerprint density at radius 2 is 2.11 bits per heavy atom. The van der Waals surface area contributed by atoms with Crippen molar-refractivity contribution in [2.75, 3.05) is 26.4 Å². The molecule has 0 atom stereocenters. The van der Waals surface area contributed by atoms with Crippen LogP contribution in [0.1, 0.15) is 31.4 Å². The molecule has 0 aromatic heterocycles. The molecule has 0 radical (unpaired) electrons. The van der Waals surface area contributed by atoms with E-state index in [0.717, 1.165) is 38.4 Å². The SMILES string of the molecule is CC(C)(CN)C1(c2ccc3c(c2)CCCO3)COC1. The number of nitrogens with two attached hydrogens (primary N) is 1. The minimum atomic E-state index is 0.0506. The van der Waals surface area contributed by atoms with Crippen molar-refractivity contribution in [3.05, 3.63) is 29.3 Å². The van der Waals surface area contributed by atoms with Crippen LogP contribution in [0, 0.1) is 5.41 Å². The molecule has 3 nitrogen and oxygen atoms in total. The summed E-state index contributed by atoms with van der Waals surface area (Å²) in [5.74, 6) is 1.05. The lowest BCUT2D eigenvalue weighted by Crippen LogP contribution is -2.59. The third-order valence-corrected chi connectivity index (χ3v) is 4.96. The molecular formula is C16H23NO2. The van der Waals surface area contributed by atoms with Crippen LogP contribution in [-0.4, -0.2) is 26.4 Å². The van der Waals surface area contributed by atoms with Crippen molar-refractivity contribution in [1.29, 1.82) is 0 Å². The Balaban J connectivity index is 2.00. The highest BCUT2D eigenvalue weighted by Crippen LogP contribution is 2.47. The number of benzene rings is 1. The molecule has 2 heterocycles. The van der Waals surface area contributed by atoms with Gasteiger partial charge in [0.1, 0.15) is 5.75 Å². The molecule has 0 aliphatic carbocycles. The maximum Gasteiger partial charge on any atom is 0.122 e. The molecule has 1 fully saturated rings. The number of aryl methyl sites for hydroxylation is 1. The van der Waals surface area contributed by atoms with Gasteiger partial charge in [0.25, 0.3) is 0 Å². The Morgan fingerprint density at radius 3 is 2.74 bits per heavy atom. The summed E-state index contributed by atoms with van der Waals surface area (Å²) in [7, 11) is 0. The first-order valence-corrected chi connectivity index (χ1v) is 7.13. The van der Waals surface area contributed by atoms with E-state index < -0.39 is 0 Å². The van der Waals surface area contributed by atoms with Crippen LogP contribution in [0.3, 0.4) is 0 Å². The fraction of sp³-hybridized carbons (Fsp3) is 0.625. The number of rotatable bonds is 3. The summed E-state index contributed by atoms with van der Waals surface area (Å²) in [5.41, 5.74) is 8.81. The minimum Gasteiger partial charge on any atom is -0.493 e. The van der Waals surface area contributed by atoms with Gasteiger partial charge in [-0.25, -0.2) is 0 Å². The van der Waals surface area contributed by atoms with Crippen molar-refractivity contribution >= 4 is 0 Å². The van der Waals surface area contributed by atoms with Crippen molar-refractivity contribution in [2.24, 2.45) is 11.1 Å². The van der Waals surface area contributed by atoms with Crippen LogP contribution in [0.15, 0.2) is 18.2 Å². The van der Waals surface area contributed by atoms with Gasteiger partial charge in [0.2, 0.25) is 0 Å². The smallest absolute Gasteiger partial charge is 0.122 e. The third kappa shape index (κ3) is 1.87. The van der Waals surface area contributed by atoms with E-state index in [0.29, 0.717) is 6.54 Å². The number of ether oxygens (including phenoxy) is 2. The zero-order chi connectivity index (χ0) is 13.5. The van der Waals surface area contributed by atoms with Crippen LogP contribution in [0.5, 0.6) is 5.75 Å². The van der Waals surface area contributed by atoms with Crippen LogP contribution < -0.4 is 10.5 Å². The van der Waals surface area contributed by atoms with Gasteiger partial charge in [0.05, 0.1) is 19.8 Å². The average Bonchev–Trinajstić information content (AvgIpc) is 2.37. The lowest BCUT2D eigenvalue weighted by atomic mass is 9.60. The van der Waals surface area contributed by atoms with Gasteiger partial charge in [-0.3, -0.25) is 0 Å². The maximum absolute atomic E-state index is 6.00. The lowest BCUT2D eigenvalue weighted by Gasteiger charge is -2.52. The summed E-state index contributed by atoms with van der Waals surface area (Å²) in [6.45, 7) is 7.55. The lowest BCUT2D eigenvalue weighted by molar-refractivity contribution is -0.116. The van der Waals surface area contributed by atoms with Gasteiger partial charge in [0.15, 0.2) is 0 Å². The number of hydrogen-bond donors (Lipinski definition) is 1. The molecule has 2 aliphatic heterocycles. The topological polar surface area (TPSA) is 44.5 Å². The fourth-order valence-corrected chi connectivity index (χ4v) is 3.11. The number of hydrogen-bond acceptors (Lipinski definition) is 3. The van der Waals surface area contributed by atoms with Crippen molar-refractivity contribution in [2.45, 2.75) is 32.1 Å². The molecule has 0 spiro atoms. The Hall–Kier alpha value is -1.06. The second-order valence-corrected chi connectivity index (χ2v) is 6.44. The van der Waals surface area contributed by atoms with Crippen molar-refractivity contribution in [3.63, 3.8) is 0 Å². The van der Waals surface area contributed by atoms with E-state index >= 15 is 0 Å². The summed E-state index contributed by atoms with van der Waals surface area (Å²) >= 11 is 0. The predicted octanol–water partition coefficient (Wildman–Crippen LogP) is 2.26. The van der Waals surface area contributed by atoms with E-state index in [2.05, 4.69) is 32.0 Å². The molecule has 1 aromatic rings. The molecule has 3 heteroatoms. The Labute approximate surface area is 115 Å². The van der Waals surface area contributed by atoms with Gasteiger partial charge in [-0.05, 0) is 42.0 Å². The van der Waals surface area contributed by atoms with E-state index in [1.54, 1.807) is 0 Å². The summed E-state index contributed by atoms with van der Waals surface area (Å²) < 4.78 is 11.2. The molecule has 0 unspecified atom stereocenters. The standard InChI is InChI=1S/C16H23NO2/c1-15(2,9-17)16(10-18-11-16)13-5-6-14-12(8-13)4-3-7-19-14/h5-6,8H,3-4,7,9-11,17H2,1-2H3. The van der Waals surface area contributed by atoms with E-state index in [9.17, 15) is 0 Å². The monoisotopic (exact) mass is 261 g/mol. The molecule has 0 amide bonds. The largest absolute Gasteiger partial charge is 0.493 e. The highest BCUT2D eigenvalue weighted by Gasteiger charge is 2.51. The van der Waals surface area contributed by atoms with Gasteiger partial charge >= 0.3 is 0 Å². The highest BCUT2D eigenvalue weighted by molar-refractivity contribution is 5.43. The molecule has 2 N–H and O–H groups in total. The zero-order valence-corrected chi connectivity index (χ0v) is 11.9. The van der Waals surface area contributed by atoms with Gasteiger partial charge in [-0.15, -0.1) is 0 Å². The molecule has 3 rings (SSSR count). The third-order valence-electron chi connectivity index (χ3n) is 4.96. The van der Waals surface area contributed by atoms with Crippen LogP contribution in [0.2, 0.25) is 0 Å². The Morgan fingerprint density at radius 1 is 1.32 bits per heavy atom. The van der Waals surface area contributed by atoms with Gasteiger partial charge in [-0.1, -0.05) is 26.0 Å². The fourth-order valence-electron chi connectivity index (χ4n) is 3.11. The average molecular weight is 261 g/mol. The van der Waals surface area contributed by atoms with Gasteiger partial charge in [-0.2, -0.15) is 0 Å². The second kappa shape index (κ2) is 4.50. The molecule has 0 bridgehead atoms. The first-order valence-electron chi connectivity index (χ1n) is 7.13. The minimum absolute atomic E-state index is 0.0506. The molecule has 19 heavy (non-hydrogen) atoms. The Bertz CT molecular complexity index is 478. The van der Waals surface area contributed by atoms with Crippen LogP contribution >= 0.6 is 0 Å². The van der Waals surface area contributed by atoms with E-state index in [4.69, 9.17) is 15.2 Å². The second-order valence-electron chi connectivity index (χ2n) is 6.44. The summed E-state index contributed by atoms with van der Waals surface area (Å²) in [6, 6.07) is 6.63. The van der Waals surface area contributed by atoms with Gasteiger partial charge in [0, 0.05) is 5.41 Å². The van der Waals surface area contributed by atoms with Crippen molar-refractivity contribution < 1.29 is 9.47 Å². The van der Waals surface area contributed by atoms with Crippen molar-refractivity contribution in [1.82, 2.24) is 0 Å². The van der Waals surface area contributed by atoms with Crippen LogP contribution in [-0.2, 0) is 16.6 Å². The summed E-state index contributed by atoms with van der Waals surface area (Å²) in [4.78, 5) is 0. The predicted molar refractivity (Wildman–Crippen MR) is 75.6 cm³/mol.